The normalized spacial score (nSPS) is 41.7. The van der Waals surface area contributed by atoms with Gasteiger partial charge in [0, 0.05) is 24.7 Å². The highest BCUT2D eigenvalue weighted by Gasteiger charge is 2.48. The van der Waals surface area contributed by atoms with Crippen LogP contribution in [0.25, 0.3) is 0 Å². The first-order valence-electron chi connectivity index (χ1n) is 5.41. The molecular formula is C11H16O4. The van der Waals surface area contributed by atoms with E-state index in [4.69, 9.17) is 4.74 Å². The standard InChI is InChI=1S/C11H16O4/c1-11(9-2-3-10(14)15-9)5-4-7(12)6-8(11)13/h8-9,13H,2-6H2,1H3/t8-,9-,11-/m0/s1. The lowest BCUT2D eigenvalue weighted by atomic mass is 9.68. The SMILES string of the molecule is C[C@]1([C@@H]2CCC(=O)O2)CCC(=O)C[C@@H]1O. The second kappa shape index (κ2) is 3.59. The van der Waals surface area contributed by atoms with Gasteiger partial charge in [-0.3, -0.25) is 9.59 Å². The molecular weight excluding hydrogens is 196 g/mol. The predicted octanol–water partition coefficient (Wildman–Crippen LogP) is 0.812. The molecule has 84 valence electrons. The molecule has 1 saturated carbocycles. The zero-order valence-corrected chi connectivity index (χ0v) is 8.86. The Hall–Kier alpha value is -0.900. The molecule has 0 aromatic rings. The number of ether oxygens (including phenoxy) is 1. The quantitative estimate of drug-likeness (QED) is 0.653. The molecule has 2 rings (SSSR count). The largest absolute Gasteiger partial charge is 0.462 e. The molecule has 0 unspecified atom stereocenters. The number of aliphatic hydroxyl groups excluding tert-OH is 1. The molecule has 0 aromatic carbocycles. The lowest BCUT2D eigenvalue weighted by Gasteiger charge is -2.41. The van der Waals surface area contributed by atoms with Crippen LogP contribution in [0.2, 0.25) is 0 Å². The fourth-order valence-electron chi connectivity index (χ4n) is 2.49. The molecule has 0 amide bonds. The maximum absolute atomic E-state index is 11.2. The van der Waals surface area contributed by atoms with Gasteiger partial charge in [0.2, 0.25) is 0 Å². The Morgan fingerprint density at radius 2 is 2.13 bits per heavy atom. The molecule has 1 N–H and O–H groups in total. The molecule has 0 aromatic heterocycles. The summed E-state index contributed by atoms with van der Waals surface area (Å²) >= 11 is 0. The van der Waals surface area contributed by atoms with Crippen molar-refractivity contribution in [1.82, 2.24) is 0 Å². The number of carbonyl (C=O) groups excluding carboxylic acids is 2. The van der Waals surface area contributed by atoms with Gasteiger partial charge in [0.05, 0.1) is 6.10 Å². The summed E-state index contributed by atoms with van der Waals surface area (Å²) in [6.45, 7) is 1.91. The van der Waals surface area contributed by atoms with Gasteiger partial charge in [-0.15, -0.1) is 0 Å². The van der Waals surface area contributed by atoms with Gasteiger partial charge in [0.25, 0.3) is 0 Å². The van der Waals surface area contributed by atoms with Crippen LogP contribution in [0.4, 0.5) is 0 Å². The van der Waals surface area contributed by atoms with Crippen LogP contribution in [0, 0.1) is 5.41 Å². The molecule has 1 aliphatic heterocycles. The Balaban J connectivity index is 2.11. The van der Waals surface area contributed by atoms with E-state index in [1.807, 2.05) is 6.92 Å². The topological polar surface area (TPSA) is 63.6 Å². The van der Waals surface area contributed by atoms with Crippen molar-refractivity contribution in [3.05, 3.63) is 0 Å². The Morgan fingerprint density at radius 3 is 2.67 bits per heavy atom. The summed E-state index contributed by atoms with van der Waals surface area (Å²) in [4.78, 5) is 22.2. The van der Waals surface area contributed by atoms with Gasteiger partial charge >= 0.3 is 5.97 Å². The number of cyclic esters (lactones) is 1. The molecule has 0 spiro atoms. The number of hydrogen-bond donors (Lipinski definition) is 1. The summed E-state index contributed by atoms with van der Waals surface area (Å²) in [5.41, 5.74) is -0.430. The number of esters is 1. The molecule has 1 saturated heterocycles. The van der Waals surface area contributed by atoms with E-state index in [0.29, 0.717) is 25.7 Å². The van der Waals surface area contributed by atoms with Crippen molar-refractivity contribution in [1.29, 1.82) is 0 Å². The van der Waals surface area contributed by atoms with Crippen molar-refractivity contribution in [3.8, 4) is 0 Å². The van der Waals surface area contributed by atoms with Crippen molar-refractivity contribution >= 4 is 11.8 Å². The number of carbonyl (C=O) groups is 2. The molecule has 2 fully saturated rings. The zero-order valence-electron chi connectivity index (χ0n) is 8.86. The predicted molar refractivity (Wildman–Crippen MR) is 52.1 cm³/mol. The third kappa shape index (κ3) is 1.78. The van der Waals surface area contributed by atoms with Crippen molar-refractivity contribution in [2.24, 2.45) is 5.41 Å². The first-order valence-corrected chi connectivity index (χ1v) is 5.41. The van der Waals surface area contributed by atoms with E-state index in [9.17, 15) is 14.7 Å². The van der Waals surface area contributed by atoms with Gasteiger partial charge in [-0.05, 0) is 12.8 Å². The van der Waals surface area contributed by atoms with Crippen LogP contribution in [0.15, 0.2) is 0 Å². The van der Waals surface area contributed by atoms with Crippen LogP contribution >= 0.6 is 0 Å². The van der Waals surface area contributed by atoms with Crippen LogP contribution in [0.3, 0.4) is 0 Å². The lowest BCUT2D eigenvalue weighted by molar-refractivity contribution is -0.154. The highest BCUT2D eigenvalue weighted by molar-refractivity contribution is 5.80. The Labute approximate surface area is 88.6 Å². The third-order valence-corrected chi connectivity index (χ3v) is 3.74. The Kier molecular flexibility index (Phi) is 2.54. The van der Waals surface area contributed by atoms with E-state index in [1.165, 1.54) is 0 Å². The second-order valence-electron chi connectivity index (χ2n) is 4.78. The van der Waals surface area contributed by atoms with Crippen molar-refractivity contribution in [2.75, 3.05) is 0 Å². The summed E-state index contributed by atoms with van der Waals surface area (Å²) in [6.07, 6.45) is 1.52. The molecule has 0 bridgehead atoms. The van der Waals surface area contributed by atoms with E-state index in [1.54, 1.807) is 0 Å². The molecule has 15 heavy (non-hydrogen) atoms. The van der Waals surface area contributed by atoms with Crippen LogP contribution in [-0.2, 0) is 14.3 Å². The van der Waals surface area contributed by atoms with Crippen LogP contribution in [0.5, 0.6) is 0 Å². The first kappa shape index (κ1) is 10.6. The van der Waals surface area contributed by atoms with E-state index >= 15 is 0 Å². The maximum Gasteiger partial charge on any atom is 0.306 e. The Morgan fingerprint density at radius 1 is 1.40 bits per heavy atom. The van der Waals surface area contributed by atoms with Gasteiger partial charge in [0.15, 0.2) is 0 Å². The van der Waals surface area contributed by atoms with Gasteiger partial charge in [-0.2, -0.15) is 0 Å². The smallest absolute Gasteiger partial charge is 0.306 e. The molecule has 1 aliphatic carbocycles. The molecule has 0 radical (unpaired) electrons. The highest BCUT2D eigenvalue weighted by Crippen LogP contribution is 2.42. The van der Waals surface area contributed by atoms with Gasteiger partial charge < -0.3 is 9.84 Å². The van der Waals surface area contributed by atoms with Gasteiger partial charge in [0.1, 0.15) is 11.9 Å². The third-order valence-electron chi connectivity index (χ3n) is 3.74. The number of rotatable bonds is 1. The minimum absolute atomic E-state index is 0.101. The molecule has 1 heterocycles. The molecule has 4 heteroatoms. The summed E-state index contributed by atoms with van der Waals surface area (Å²) in [5, 5.41) is 9.93. The first-order chi connectivity index (χ1) is 7.02. The van der Waals surface area contributed by atoms with E-state index in [-0.39, 0.29) is 24.3 Å². The number of aliphatic hydroxyl groups is 1. The fourth-order valence-corrected chi connectivity index (χ4v) is 2.49. The van der Waals surface area contributed by atoms with E-state index in [0.717, 1.165) is 0 Å². The average molecular weight is 212 g/mol. The summed E-state index contributed by atoms with van der Waals surface area (Å²) in [7, 11) is 0. The minimum atomic E-state index is -0.672. The molecule has 4 nitrogen and oxygen atoms in total. The molecule has 2 aliphatic rings. The van der Waals surface area contributed by atoms with Crippen LogP contribution in [0.1, 0.15) is 39.0 Å². The minimum Gasteiger partial charge on any atom is -0.462 e. The highest BCUT2D eigenvalue weighted by atomic mass is 16.6. The lowest BCUT2D eigenvalue weighted by Crippen LogP contribution is -2.47. The van der Waals surface area contributed by atoms with E-state index in [2.05, 4.69) is 0 Å². The number of ketones is 1. The summed E-state index contributed by atoms with van der Waals surface area (Å²) < 4.78 is 5.20. The monoisotopic (exact) mass is 212 g/mol. The Bertz CT molecular complexity index is 299. The maximum atomic E-state index is 11.2. The zero-order chi connectivity index (χ0) is 11.1. The number of hydrogen-bond acceptors (Lipinski definition) is 4. The fraction of sp³-hybridized carbons (Fsp3) is 0.818. The van der Waals surface area contributed by atoms with Crippen molar-refractivity contribution in [2.45, 2.75) is 51.2 Å². The van der Waals surface area contributed by atoms with Crippen LogP contribution < -0.4 is 0 Å². The summed E-state index contributed by atoms with van der Waals surface area (Å²) in [5.74, 6) is -0.0883. The van der Waals surface area contributed by atoms with Crippen molar-refractivity contribution in [3.63, 3.8) is 0 Å². The molecule has 3 atom stereocenters. The van der Waals surface area contributed by atoms with Gasteiger partial charge in [-0.25, -0.2) is 0 Å². The summed E-state index contributed by atoms with van der Waals surface area (Å²) in [6, 6.07) is 0. The van der Waals surface area contributed by atoms with Gasteiger partial charge in [-0.1, -0.05) is 6.92 Å². The van der Waals surface area contributed by atoms with E-state index < -0.39 is 11.5 Å². The van der Waals surface area contributed by atoms with Crippen molar-refractivity contribution < 1.29 is 19.4 Å². The van der Waals surface area contributed by atoms with Crippen LogP contribution in [-0.4, -0.2) is 29.1 Å². The number of Topliss-reactive ketones (excluding diaryl/α,β-unsaturated/α-hetero) is 1. The second-order valence-corrected chi connectivity index (χ2v) is 4.78. The average Bonchev–Trinajstić information content (AvgIpc) is 2.60.